The highest BCUT2D eigenvalue weighted by Gasteiger charge is 2.11. The van der Waals surface area contributed by atoms with Crippen LogP contribution in [-0.4, -0.2) is 25.3 Å². The Morgan fingerprint density at radius 1 is 0.966 bits per heavy atom. The minimum atomic E-state index is -0.300. The molecule has 0 saturated heterocycles. The van der Waals surface area contributed by atoms with Gasteiger partial charge in [-0.1, -0.05) is 30.3 Å². The van der Waals surface area contributed by atoms with Gasteiger partial charge in [0, 0.05) is 23.6 Å². The fourth-order valence-corrected chi connectivity index (χ4v) is 3.31. The quantitative estimate of drug-likeness (QED) is 0.501. The molecule has 0 fully saturated rings. The first-order chi connectivity index (χ1) is 14.2. The van der Waals surface area contributed by atoms with Crippen molar-refractivity contribution in [2.45, 2.75) is 6.92 Å². The molecule has 0 aliphatic carbocycles. The lowest BCUT2D eigenvalue weighted by atomic mass is 10.1. The number of aromatic nitrogens is 4. The molecule has 5 rings (SSSR count). The summed E-state index contributed by atoms with van der Waals surface area (Å²) in [5.41, 5.74) is 6.20. The van der Waals surface area contributed by atoms with E-state index in [9.17, 15) is 4.79 Å². The number of rotatable bonds is 3. The van der Waals surface area contributed by atoms with Crippen molar-refractivity contribution in [2.75, 3.05) is 5.32 Å². The SMILES string of the molecule is Cc1cccn2cc(-c3cccc(NC(=O)c4cnc5ccccc5n4)c3)nc12. The number of nitrogens with zero attached hydrogens (tertiary/aromatic N) is 4. The molecule has 6 heteroatoms. The van der Waals surface area contributed by atoms with Crippen molar-refractivity contribution in [3.05, 3.63) is 90.5 Å². The van der Waals surface area contributed by atoms with E-state index in [0.29, 0.717) is 11.2 Å². The highest BCUT2D eigenvalue weighted by molar-refractivity contribution is 6.03. The molecule has 0 radical (unpaired) electrons. The Bertz CT molecular complexity index is 1370. The van der Waals surface area contributed by atoms with Crippen LogP contribution in [0, 0.1) is 6.92 Å². The van der Waals surface area contributed by atoms with Crippen LogP contribution in [0.15, 0.2) is 79.3 Å². The number of para-hydroxylation sites is 2. The molecule has 0 spiro atoms. The van der Waals surface area contributed by atoms with Crippen molar-refractivity contribution < 1.29 is 4.79 Å². The first kappa shape index (κ1) is 17.1. The topological polar surface area (TPSA) is 72.2 Å². The summed E-state index contributed by atoms with van der Waals surface area (Å²) in [5, 5.41) is 2.90. The second-order valence-corrected chi connectivity index (χ2v) is 6.83. The van der Waals surface area contributed by atoms with Crippen LogP contribution < -0.4 is 5.32 Å². The largest absolute Gasteiger partial charge is 0.321 e. The maximum Gasteiger partial charge on any atom is 0.275 e. The molecule has 3 aromatic heterocycles. The number of fused-ring (bicyclic) bond motifs is 2. The Kier molecular flexibility index (Phi) is 4.02. The summed E-state index contributed by atoms with van der Waals surface area (Å²) in [7, 11) is 0. The number of benzene rings is 2. The average molecular weight is 379 g/mol. The number of pyridine rings is 1. The molecule has 3 heterocycles. The van der Waals surface area contributed by atoms with Gasteiger partial charge >= 0.3 is 0 Å². The average Bonchev–Trinajstić information content (AvgIpc) is 3.19. The molecule has 0 bridgehead atoms. The molecule has 29 heavy (non-hydrogen) atoms. The van der Waals surface area contributed by atoms with Crippen molar-refractivity contribution >= 4 is 28.3 Å². The lowest BCUT2D eigenvalue weighted by Gasteiger charge is -2.06. The number of amides is 1. The van der Waals surface area contributed by atoms with Crippen LogP contribution in [-0.2, 0) is 0 Å². The highest BCUT2D eigenvalue weighted by atomic mass is 16.1. The lowest BCUT2D eigenvalue weighted by Crippen LogP contribution is -2.14. The van der Waals surface area contributed by atoms with E-state index in [1.807, 2.05) is 84.4 Å². The van der Waals surface area contributed by atoms with E-state index < -0.39 is 0 Å². The predicted octanol–water partition coefficient (Wildman–Crippen LogP) is 4.51. The monoisotopic (exact) mass is 379 g/mol. The Morgan fingerprint density at radius 2 is 1.83 bits per heavy atom. The van der Waals surface area contributed by atoms with Gasteiger partial charge in [0.25, 0.3) is 5.91 Å². The number of anilines is 1. The van der Waals surface area contributed by atoms with Gasteiger partial charge in [0.2, 0.25) is 0 Å². The van der Waals surface area contributed by atoms with Gasteiger partial charge in [-0.25, -0.2) is 9.97 Å². The summed E-state index contributed by atoms with van der Waals surface area (Å²) < 4.78 is 2.00. The summed E-state index contributed by atoms with van der Waals surface area (Å²) in [6.07, 6.45) is 5.45. The Labute approximate surface area is 166 Å². The van der Waals surface area contributed by atoms with Crippen molar-refractivity contribution in [1.82, 2.24) is 19.4 Å². The molecule has 6 nitrogen and oxygen atoms in total. The van der Waals surface area contributed by atoms with Gasteiger partial charge in [-0.15, -0.1) is 0 Å². The molecule has 5 aromatic rings. The second-order valence-electron chi connectivity index (χ2n) is 6.83. The Hall–Kier alpha value is -4.06. The molecule has 140 valence electrons. The number of hydrogen-bond donors (Lipinski definition) is 1. The van der Waals surface area contributed by atoms with Crippen LogP contribution in [0.5, 0.6) is 0 Å². The summed E-state index contributed by atoms with van der Waals surface area (Å²) in [4.78, 5) is 26.1. The minimum Gasteiger partial charge on any atom is -0.321 e. The summed E-state index contributed by atoms with van der Waals surface area (Å²) in [5.74, 6) is -0.300. The van der Waals surface area contributed by atoms with E-state index in [4.69, 9.17) is 4.98 Å². The van der Waals surface area contributed by atoms with Crippen molar-refractivity contribution in [3.63, 3.8) is 0 Å². The number of carbonyl (C=O) groups excluding carboxylic acids is 1. The standard InChI is InChI=1S/C23H17N5O/c1-15-6-5-11-28-14-21(27-22(15)28)16-7-4-8-17(12-16)25-23(29)20-13-24-18-9-2-3-10-19(18)26-20/h2-14H,1H3,(H,25,29). The zero-order valence-electron chi connectivity index (χ0n) is 15.7. The van der Waals surface area contributed by atoms with E-state index in [0.717, 1.165) is 28.0 Å². The first-order valence-corrected chi connectivity index (χ1v) is 9.25. The molecule has 1 N–H and O–H groups in total. The first-order valence-electron chi connectivity index (χ1n) is 9.25. The molecule has 0 unspecified atom stereocenters. The molecule has 2 aromatic carbocycles. The second kappa shape index (κ2) is 6.83. The van der Waals surface area contributed by atoms with Gasteiger partial charge in [-0.05, 0) is 42.8 Å². The smallest absolute Gasteiger partial charge is 0.275 e. The molecule has 1 amide bonds. The normalized spacial score (nSPS) is 11.1. The minimum absolute atomic E-state index is 0.275. The molecule has 0 aliphatic heterocycles. The van der Waals surface area contributed by atoms with Crippen molar-refractivity contribution in [3.8, 4) is 11.3 Å². The van der Waals surface area contributed by atoms with Crippen LogP contribution in [0.3, 0.4) is 0 Å². The van der Waals surface area contributed by atoms with Crippen LogP contribution in [0.25, 0.3) is 27.9 Å². The molecular weight excluding hydrogens is 362 g/mol. The molecule has 0 atom stereocenters. The fraction of sp³-hybridized carbons (Fsp3) is 0.0435. The fourth-order valence-electron chi connectivity index (χ4n) is 3.31. The third-order valence-electron chi connectivity index (χ3n) is 4.78. The molecule has 0 saturated carbocycles. The molecule has 0 aliphatic rings. The van der Waals surface area contributed by atoms with Gasteiger partial charge in [-0.2, -0.15) is 0 Å². The van der Waals surface area contributed by atoms with Gasteiger partial charge in [0.05, 0.1) is 22.9 Å². The van der Waals surface area contributed by atoms with Crippen LogP contribution >= 0.6 is 0 Å². The van der Waals surface area contributed by atoms with Gasteiger partial charge in [0.1, 0.15) is 11.3 Å². The van der Waals surface area contributed by atoms with Gasteiger partial charge in [0.15, 0.2) is 0 Å². The third kappa shape index (κ3) is 3.21. The van der Waals surface area contributed by atoms with E-state index in [2.05, 4.69) is 15.3 Å². The highest BCUT2D eigenvalue weighted by Crippen LogP contribution is 2.24. The van der Waals surface area contributed by atoms with Crippen LogP contribution in [0.1, 0.15) is 16.1 Å². The Morgan fingerprint density at radius 3 is 2.69 bits per heavy atom. The predicted molar refractivity (Wildman–Crippen MR) is 113 cm³/mol. The van der Waals surface area contributed by atoms with E-state index in [1.165, 1.54) is 6.20 Å². The lowest BCUT2D eigenvalue weighted by molar-refractivity contribution is 0.102. The number of nitrogens with one attached hydrogen (secondary N) is 1. The Balaban J connectivity index is 1.44. The maximum absolute atomic E-state index is 12.7. The third-order valence-corrected chi connectivity index (χ3v) is 4.78. The maximum atomic E-state index is 12.7. The zero-order chi connectivity index (χ0) is 19.8. The van der Waals surface area contributed by atoms with Crippen LogP contribution in [0.2, 0.25) is 0 Å². The number of carbonyl (C=O) groups is 1. The summed E-state index contributed by atoms with van der Waals surface area (Å²) in [6, 6.07) is 19.1. The van der Waals surface area contributed by atoms with Gasteiger partial charge in [-0.3, -0.25) is 9.78 Å². The van der Waals surface area contributed by atoms with E-state index >= 15 is 0 Å². The van der Waals surface area contributed by atoms with Crippen molar-refractivity contribution in [1.29, 1.82) is 0 Å². The number of aryl methyl sites for hydroxylation is 1. The number of imidazole rings is 1. The zero-order valence-corrected chi connectivity index (χ0v) is 15.7. The summed E-state index contributed by atoms with van der Waals surface area (Å²) >= 11 is 0. The molecular formula is C23H17N5O. The van der Waals surface area contributed by atoms with E-state index in [-0.39, 0.29) is 11.6 Å². The van der Waals surface area contributed by atoms with E-state index in [1.54, 1.807) is 0 Å². The van der Waals surface area contributed by atoms with Crippen molar-refractivity contribution in [2.24, 2.45) is 0 Å². The number of hydrogen-bond acceptors (Lipinski definition) is 4. The van der Waals surface area contributed by atoms with Crippen LogP contribution in [0.4, 0.5) is 5.69 Å². The van der Waals surface area contributed by atoms with Gasteiger partial charge < -0.3 is 9.72 Å². The summed E-state index contributed by atoms with van der Waals surface area (Å²) in [6.45, 7) is 2.04.